The van der Waals surface area contributed by atoms with Gasteiger partial charge in [-0.3, -0.25) is 0 Å². The van der Waals surface area contributed by atoms with Gasteiger partial charge in [0.1, 0.15) is 10.8 Å². The summed E-state index contributed by atoms with van der Waals surface area (Å²) >= 11 is 4.95. The summed E-state index contributed by atoms with van der Waals surface area (Å²) in [6.07, 6.45) is 3.55. The van der Waals surface area contributed by atoms with Crippen LogP contribution in [0.5, 0.6) is 0 Å². The molecule has 1 aliphatic rings. The van der Waals surface area contributed by atoms with E-state index < -0.39 is 0 Å². The van der Waals surface area contributed by atoms with Gasteiger partial charge in [0.05, 0.1) is 5.56 Å². The van der Waals surface area contributed by atoms with E-state index in [1.807, 2.05) is 6.07 Å². The third-order valence-corrected chi connectivity index (χ3v) is 4.56. The first-order chi connectivity index (χ1) is 9.04. The molecule has 4 heteroatoms. The van der Waals surface area contributed by atoms with Crippen LogP contribution >= 0.6 is 12.2 Å². The van der Waals surface area contributed by atoms with Crippen LogP contribution in [0.25, 0.3) is 0 Å². The smallest absolute Gasteiger partial charge is 0.135 e. The van der Waals surface area contributed by atoms with Gasteiger partial charge in [-0.05, 0) is 36.8 Å². The highest BCUT2D eigenvalue weighted by Crippen LogP contribution is 2.36. The fraction of sp³-hybridized carbons (Fsp3) is 0.533. The van der Waals surface area contributed by atoms with Crippen molar-refractivity contribution in [2.24, 2.45) is 17.6 Å². The average molecular weight is 280 g/mol. The minimum absolute atomic E-state index is 0.110. The Balaban J connectivity index is 2.20. The summed E-state index contributed by atoms with van der Waals surface area (Å²) in [5.41, 5.74) is 6.69. The van der Waals surface area contributed by atoms with Gasteiger partial charge in [0, 0.05) is 11.7 Å². The van der Waals surface area contributed by atoms with Gasteiger partial charge in [0.25, 0.3) is 0 Å². The van der Waals surface area contributed by atoms with Gasteiger partial charge in [-0.15, -0.1) is 0 Å². The molecule has 0 aromatic heterocycles. The Morgan fingerprint density at radius 3 is 2.79 bits per heavy atom. The van der Waals surface area contributed by atoms with Gasteiger partial charge in [-0.25, -0.2) is 4.39 Å². The van der Waals surface area contributed by atoms with E-state index in [1.165, 1.54) is 18.9 Å². The molecule has 19 heavy (non-hydrogen) atoms. The molecule has 3 unspecified atom stereocenters. The predicted octanol–water partition coefficient (Wildman–Crippen LogP) is 3.70. The summed E-state index contributed by atoms with van der Waals surface area (Å²) in [5, 5.41) is 3.44. The van der Waals surface area contributed by atoms with Crippen LogP contribution in [-0.2, 0) is 0 Å². The highest BCUT2D eigenvalue weighted by molar-refractivity contribution is 7.80. The molecule has 0 spiro atoms. The highest BCUT2D eigenvalue weighted by Gasteiger charge is 2.31. The largest absolute Gasteiger partial charge is 0.389 e. The van der Waals surface area contributed by atoms with Crippen molar-refractivity contribution in [1.82, 2.24) is 0 Å². The fourth-order valence-electron chi connectivity index (χ4n) is 3.12. The summed E-state index contributed by atoms with van der Waals surface area (Å²) in [7, 11) is 0. The number of benzene rings is 1. The van der Waals surface area contributed by atoms with Gasteiger partial charge >= 0.3 is 0 Å². The Hall–Kier alpha value is -1.16. The van der Waals surface area contributed by atoms with Gasteiger partial charge in [-0.2, -0.15) is 0 Å². The second-order valence-corrected chi connectivity index (χ2v) is 5.82. The van der Waals surface area contributed by atoms with Gasteiger partial charge in [-0.1, -0.05) is 38.6 Å². The van der Waals surface area contributed by atoms with Gasteiger partial charge in [0.2, 0.25) is 0 Å². The number of thiocarbonyl (C=S) groups is 1. The molecule has 3 N–H and O–H groups in total. The molecule has 0 aliphatic heterocycles. The molecule has 1 aromatic rings. The maximum atomic E-state index is 13.8. The molecule has 1 saturated carbocycles. The first-order valence-electron chi connectivity index (χ1n) is 6.89. The summed E-state index contributed by atoms with van der Waals surface area (Å²) < 4.78 is 13.8. The molecule has 2 rings (SSSR count). The Labute approximate surface area is 119 Å². The zero-order valence-electron chi connectivity index (χ0n) is 11.4. The predicted molar refractivity (Wildman–Crippen MR) is 81.9 cm³/mol. The average Bonchev–Trinajstić information content (AvgIpc) is 2.70. The summed E-state index contributed by atoms with van der Waals surface area (Å²) in [6.45, 7) is 4.49. The minimum atomic E-state index is -0.352. The Bertz CT molecular complexity index is 475. The SMILES string of the molecule is CCC1CCC(Nc2cccc(F)c2C(N)=S)C1C. The van der Waals surface area contributed by atoms with Gasteiger partial charge < -0.3 is 11.1 Å². The van der Waals surface area contributed by atoms with Crippen LogP contribution in [0.15, 0.2) is 18.2 Å². The number of nitrogens with two attached hydrogens (primary N) is 1. The van der Waals surface area contributed by atoms with Gasteiger partial charge in [0.15, 0.2) is 0 Å². The molecule has 1 aromatic carbocycles. The summed E-state index contributed by atoms with van der Waals surface area (Å²) in [5.74, 6) is 0.988. The van der Waals surface area contributed by atoms with Crippen molar-refractivity contribution in [2.45, 2.75) is 39.2 Å². The van der Waals surface area contributed by atoms with Crippen molar-refractivity contribution in [3.8, 4) is 0 Å². The van der Waals surface area contributed by atoms with Crippen molar-refractivity contribution < 1.29 is 4.39 Å². The summed E-state index contributed by atoms with van der Waals surface area (Å²) in [6, 6.07) is 5.31. The van der Waals surface area contributed by atoms with E-state index in [1.54, 1.807) is 6.07 Å². The Morgan fingerprint density at radius 1 is 1.47 bits per heavy atom. The van der Waals surface area contributed by atoms with E-state index in [4.69, 9.17) is 18.0 Å². The van der Waals surface area contributed by atoms with Crippen LogP contribution in [0.3, 0.4) is 0 Å². The van der Waals surface area contributed by atoms with Crippen LogP contribution in [-0.4, -0.2) is 11.0 Å². The first kappa shape index (κ1) is 14.3. The maximum absolute atomic E-state index is 13.8. The third-order valence-electron chi connectivity index (χ3n) is 4.35. The van der Waals surface area contributed by atoms with Crippen molar-refractivity contribution in [2.75, 3.05) is 5.32 Å². The van der Waals surface area contributed by atoms with E-state index in [2.05, 4.69) is 19.2 Å². The zero-order chi connectivity index (χ0) is 14.0. The van der Waals surface area contributed by atoms with Crippen LogP contribution in [0.2, 0.25) is 0 Å². The lowest BCUT2D eigenvalue weighted by Gasteiger charge is -2.23. The summed E-state index contributed by atoms with van der Waals surface area (Å²) in [4.78, 5) is 0.110. The Kier molecular flexibility index (Phi) is 4.40. The lowest BCUT2D eigenvalue weighted by Crippen LogP contribution is -2.26. The third kappa shape index (κ3) is 2.89. The number of halogens is 1. The van der Waals surface area contributed by atoms with Crippen LogP contribution in [0.4, 0.5) is 10.1 Å². The maximum Gasteiger partial charge on any atom is 0.135 e. The number of rotatable bonds is 4. The molecule has 1 aliphatic carbocycles. The molecular formula is C15H21FN2S. The second-order valence-electron chi connectivity index (χ2n) is 5.38. The topological polar surface area (TPSA) is 38.0 Å². The molecule has 0 heterocycles. The molecule has 3 atom stereocenters. The van der Waals surface area contributed by atoms with Crippen molar-refractivity contribution in [1.29, 1.82) is 0 Å². The second kappa shape index (κ2) is 5.87. The highest BCUT2D eigenvalue weighted by atomic mass is 32.1. The zero-order valence-corrected chi connectivity index (χ0v) is 12.3. The number of hydrogen-bond donors (Lipinski definition) is 2. The van der Waals surface area contributed by atoms with E-state index in [0.717, 1.165) is 18.0 Å². The molecule has 104 valence electrons. The number of nitrogens with one attached hydrogen (secondary N) is 1. The van der Waals surface area contributed by atoms with Crippen LogP contribution < -0.4 is 11.1 Å². The lowest BCUT2D eigenvalue weighted by atomic mass is 9.93. The van der Waals surface area contributed by atoms with E-state index in [0.29, 0.717) is 17.5 Å². The molecule has 1 fully saturated rings. The van der Waals surface area contributed by atoms with Crippen molar-refractivity contribution >= 4 is 22.9 Å². The van der Waals surface area contributed by atoms with Crippen LogP contribution in [0.1, 0.15) is 38.7 Å². The van der Waals surface area contributed by atoms with E-state index in [-0.39, 0.29) is 10.8 Å². The molecule has 0 radical (unpaired) electrons. The van der Waals surface area contributed by atoms with E-state index >= 15 is 0 Å². The molecule has 0 bridgehead atoms. The Morgan fingerprint density at radius 2 is 2.21 bits per heavy atom. The molecule has 2 nitrogen and oxygen atoms in total. The fourth-order valence-corrected chi connectivity index (χ4v) is 3.33. The first-order valence-corrected chi connectivity index (χ1v) is 7.30. The number of anilines is 1. The quantitative estimate of drug-likeness (QED) is 0.826. The minimum Gasteiger partial charge on any atom is -0.389 e. The van der Waals surface area contributed by atoms with E-state index in [9.17, 15) is 4.39 Å². The molecule has 0 amide bonds. The monoisotopic (exact) mass is 280 g/mol. The number of hydrogen-bond acceptors (Lipinski definition) is 2. The molecular weight excluding hydrogens is 259 g/mol. The lowest BCUT2D eigenvalue weighted by molar-refractivity contribution is 0.392. The molecule has 0 saturated heterocycles. The normalized spacial score (nSPS) is 26.4. The van der Waals surface area contributed by atoms with Crippen molar-refractivity contribution in [3.05, 3.63) is 29.6 Å². The van der Waals surface area contributed by atoms with Crippen molar-refractivity contribution in [3.63, 3.8) is 0 Å². The standard InChI is InChI=1S/C15H21FN2S/c1-3-10-7-8-12(9(10)2)18-13-6-4-5-11(16)14(13)15(17)19/h4-6,9-10,12,18H,3,7-8H2,1-2H3,(H2,17,19). The van der Waals surface area contributed by atoms with Crippen LogP contribution in [0, 0.1) is 17.7 Å².